The van der Waals surface area contributed by atoms with Crippen molar-refractivity contribution in [3.8, 4) is 33.8 Å². The second-order valence-corrected chi connectivity index (χ2v) is 8.96. The molecule has 6 aromatic rings. The van der Waals surface area contributed by atoms with E-state index in [0.717, 1.165) is 39.0 Å². The molecule has 0 spiro atoms. The lowest BCUT2D eigenvalue weighted by Crippen LogP contribution is -2.03. The van der Waals surface area contributed by atoms with Crippen LogP contribution >= 0.6 is 0 Å². The summed E-state index contributed by atoms with van der Waals surface area (Å²) in [5.74, 6) is 0.00350. The highest BCUT2D eigenvalue weighted by molar-refractivity contribution is 5.93. The Morgan fingerprint density at radius 3 is 2.42 bits per heavy atom. The Morgan fingerprint density at radius 1 is 0.806 bits per heavy atom. The summed E-state index contributed by atoms with van der Waals surface area (Å²) in [5.41, 5.74) is 7.20. The van der Waals surface area contributed by atoms with E-state index in [1.807, 2.05) is 64.5 Å². The van der Waals surface area contributed by atoms with Crippen LogP contribution in [-0.4, -0.2) is 34.7 Å². The van der Waals surface area contributed by atoms with Crippen LogP contribution in [0.3, 0.4) is 0 Å². The van der Waals surface area contributed by atoms with E-state index in [9.17, 15) is 0 Å². The fraction of sp³-hybridized carbons (Fsp3) is 0.143. The number of fused-ring (bicyclic) bond motifs is 2. The van der Waals surface area contributed by atoms with Gasteiger partial charge in [0.1, 0.15) is 16.7 Å². The maximum Gasteiger partial charge on any atom is 0.182 e. The molecule has 0 saturated heterocycles. The van der Waals surface area contributed by atoms with E-state index < -0.39 is 5.82 Å². The molecule has 0 aliphatic carbocycles. The smallest absolute Gasteiger partial charge is 0.182 e. The van der Waals surface area contributed by atoms with Crippen LogP contribution in [-0.2, 0) is 7.05 Å². The minimum absolute atomic E-state index is 0.287. The molecular weight excluding hydrogens is 453 g/mol. The molecular formula is C28H22FN7. The van der Waals surface area contributed by atoms with Crippen LogP contribution in [0, 0.1) is 26.6 Å². The molecule has 0 N–H and O–H groups in total. The minimum Gasteiger partial charge on any atom is -0.275 e. The lowest BCUT2D eigenvalue weighted by atomic mass is 10.0. The van der Waals surface area contributed by atoms with Crippen LogP contribution in [0.1, 0.15) is 17.0 Å². The summed E-state index contributed by atoms with van der Waals surface area (Å²) >= 11 is 0. The zero-order valence-corrected chi connectivity index (χ0v) is 20.3. The SMILES string of the molecule is Cc1cc(-c2cnn(C)c2)cc(-c2nc(-c3ccc4cccnc4c3F)c3nc(C)c(C)nc3n2)c1. The number of benzene rings is 2. The highest BCUT2D eigenvalue weighted by Gasteiger charge is 2.20. The first-order valence-corrected chi connectivity index (χ1v) is 11.5. The highest BCUT2D eigenvalue weighted by atomic mass is 19.1. The van der Waals surface area contributed by atoms with Crippen molar-refractivity contribution >= 4 is 22.1 Å². The Bertz CT molecular complexity index is 1810. The summed E-state index contributed by atoms with van der Waals surface area (Å²) in [5, 5.41) is 5.01. The number of hydrogen-bond donors (Lipinski definition) is 0. The molecule has 0 unspecified atom stereocenters. The Balaban J connectivity index is 1.63. The van der Waals surface area contributed by atoms with Gasteiger partial charge in [0.25, 0.3) is 0 Å². The first-order chi connectivity index (χ1) is 17.4. The van der Waals surface area contributed by atoms with Crippen molar-refractivity contribution < 1.29 is 4.39 Å². The first-order valence-electron chi connectivity index (χ1n) is 11.5. The fourth-order valence-corrected chi connectivity index (χ4v) is 4.37. The summed E-state index contributed by atoms with van der Waals surface area (Å²) in [4.78, 5) is 23.3. The van der Waals surface area contributed by atoms with Gasteiger partial charge in [0, 0.05) is 41.5 Å². The summed E-state index contributed by atoms with van der Waals surface area (Å²) in [6.45, 7) is 5.78. The number of hydrogen-bond acceptors (Lipinski definition) is 6. The van der Waals surface area contributed by atoms with Gasteiger partial charge >= 0.3 is 0 Å². The van der Waals surface area contributed by atoms with Gasteiger partial charge in [-0.25, -0.2) is 24.3 Å². The molecule has 176 valence electrons. The summed E-state index contributed by atoms with van der Waals surface area (Å²) in [6.07, 6.45) is 5.36. The summed E-state index contributed by atoms with van der Waals surface area (Å²) < 4.78 is 17.5. The molecule has 4 heterocycles. The van der Waals surface area contributed by atoms with Crippen molar-refractivity contribution in [1.29, 1.82) is 0 Å². The van der Waals surface area contributed by atoms with Crippen molar-refractivity contribution in [1.82, 2.24) is 34.7 Å². The largest absolute Gasteiger partial charge is 0.275 e. The molecule has 0 amide bonds. The van der Waals surface area contributed by atoms with Crippen LogP contribution in [0.15, 0.2) is 61.1 Å². The van der Waals surface area contributed by atoms with E-state index in [0.29, 0.717) is 28.2 Å². The molecule has 0 atom stereocenters. The van der Waals surface area contributed by atoms with Crippen molar-refractivity contribution in [2.75, 3.05) is 0 Å². The van der Waals surface area contributed by atoms with Gasteiger partial charge in [-0.15, -0.1) is 0 Å². The molecule has 0 aliphatic rings. The minimum atomic E-state index is -0.445. The molecule has 0 aliphatic heterocycles. The molecule has 36 heavy (non-hydrogen) atoms. The second kappa shape index (κ2) is 8.27. The molecule has 6 rings (SSSR count). The number of halogens is 1. The van der Waals surface area contributed by atoms with E-state index in [1.54, 1.807) is 23.0 Å². The third-order valence-electron chi connectivity index (χ3n) is 6.28. The Hall–Kier alpha value is -4.59. The van der Waals surface area contributed by atoms with Crippen LogP contribution < -0.4 is 0 Å². The van der Waals surface area contributed by atoms with Crippen LogP contribution in [0.25, 0.3) is 55.8 Å². The Labute approximate surface area is 206 Å². The average molecular weight is 476 g/mol. The summed E-state index contributed by atoms with van der Waals surface area (Å²) in [7, 11) is 1.88. The molecule has 4 aromatic heterocycles. The van der Waals surface area contributed by atoms with Gasteiger partial charge in [-0.05, 0) is 56.2 Å². The molecule has 0 fully saturated rings. The highest BCUT2D eigenvalue weighted by Crippen LogP contribution is 2.33. The number of pyridine rings is 1. The van der Waals surface area contributed by atoms with Crippen molar-refractivity contribution in [3.05, 3.63) is 83.8 Å². The van der Waals surface area contributed by atoms with E-state index in [1.165, 1.54) is 0 Å². The molecule has 0 bridgehead atoms. The monoisotopic (exact) mass is 475 g/mol. The van der Waals surface area contributed by atoms with E-state index in [2.05, 4.69) is 21.1 Å². The third kappa shape index (κ3) is 3.67. The standard InChI is InChI=1S/C28H22FN7/c1-15-10-19(21-13-31-36(4)14-21)12-20(11-15)27-34-25(26-28(35-27)33-17(3)16(2)32-26)22-8-7-18-6-5-9-30-24(18)23(22)29/h5-14H,1-4H3. The predicted molar refractivity (Wildman–Crippen MR) is 138 cm³/mol. The maximum atomic E-state index is 15.8. The van der Waals surface area contributed by atoms with Gasteiger partial charge in [-0.1, -0.05) is 18.2 Å². The van der Waals surface area contributed by atoms with Gasteiger partial charge < -0.3 is 0 Å². The van der Waals surface area contributed by atoms with Crippen molar-refractivity contribution in [2.24, 2.45) is 7.05 Å². The zero-order chi connectivity index (χ0) is 25.0. The predicted octanol–water partition coefficient (Wildman–Crippen LogP) is 5.77. The number of aryl methyl sites for hydroxylation is 4. The molecule has 7 nitrogen and oxygen atoms in total. The van der Waals surface area contributed by atoms with Gasteiger partial charge in [0.2, 0.25) is 0 Å². The lowest BCUT2D eigenvalue weighted by molar-refractivity contribution is 0.639. The normalized spacial score (nSPS) is 11.5. The Kier molecular flexibility index (Phi) is 5.03. The second-order valence-electron chi connectivity index (χ2n) is 8.96. The van der Waals surface area contributed by atoms with E-state index >= 15 is 4.39 Å². The molecule has 0 saturated carbocycles. The van der Waals surface area contributed by atoms with Crippen molar-refractivity contribution in [3.63, 3.8) is 0 Å². The molecule has 0 radical (unpaired) electrons. The topological polar surface area (TPSA) is 82.3 Å². The zero-order valence-electron chi connectivity index (χ0n) is 20.3. The van der Waals surface area contributed by atoms with Crippen LogP contribution in [0.2, 0.25) is 0 Å². The third-order valence-corrected chi connectivity index (χ3v) is 6.28. The average Bonchev–Trinajstić information content (AvgIpc) is 3.31. The first kappa shape index (κ1) is 21.9. The van der Waals surface area contributed by atoms with E-state index in [-0.39, 0.29) is 5.52 Å². The summed E-state index contributed by atoms with van der Waals surface area (Å²) in [6, 6.07) is 13.3. The van der Waals surface area contributed by atoms with Crippen molar-refractivity contribution in [2.45, 2.75) is 20.8 Å². The molecule has 8 heteroatoms. The van der Waals surface area contributed by atoms with Gasteiger partial charge in [-0.3, -0.25) is 9.67 Å². The van der Waals surface area contributed by atoms with Crippen LogP contribution in [0.4, 0.5) is 4.39 Å². The van der Waals surface area contributed by atoms with Gasteiger partial charge in [-0.2, -0.15) is 5.10 Å². The maximum absolute atomic E-state index is 15.8. The number of rotatable bonds is 3. The lowest BCUT2D eigenvalue weighted by Gasteiger charge is -2.12. The number of aromatic nitrogens is 7. The number of nitrogens with zero attached hydrogens (tertiary/aromatic N) is 7. The molecule has 2 aromatic carbocycles. The fourth-order valence-electron chi connectivity index (χ4n) is 4.37. The Morgan fingerprint density at radius 2 is 1.61 bits per heavy atom. The van der Waals surface area contributed by atoms with Gasteiger partial charge in [0.15, 0.2) is 17.3 Å². The van der Waals surface area contributed by atoms with E-state index in [4.69, 9.17) is 15.0 Å². The van der Waals surface area contributed by atoms with Gasteiger partial charge in [0.05, 0.1) is 17.6 Å². The quantitative estimate of drug-likeness (QED) is 0.323. The van der Waals surface area contributed by atoms with Crippen LogP contribution in [0.5, 0.6) is 0 Å².